The molecule has 2 saturated heterocycles. The van der Waals surface area contributed by atoms with Gasteiger partial charge in [0.25, 0.3) is 5.91 Å². The molecule has 0 aromatic carbocycles. The number of likely N-dealkylation sites (tertiary alicyclic amines) is 1. The minimum atomic E-state index is -0.474. The zero-order chi connectivity index (χ0) is 17.9. The second-order valence-corrected chi connectivity index (χ2v) is 6.84. The van der Waals surface area contributed by atoms with E-state index in [9.17, 15) is 9.59 Å². The molecule has 0 N–H and O–H groups in total. The van der Waals surface area contributed by atoms with Crippen molar-refractivity contribution in [1.29, 1.82) is 0 Å². The van der Waals surface area contributed by atoms with Crippen LogP contribution in [0.1, 0.15) is 43.5 Å². The van der Waals surface area contributed by atoms with Crippen LogP contribution in [0, 0.1) is 0 Å². The van der Waals surface area contributed by atoms with Crippen molar-refractivity contribution >= 4 is 11.8 Å². The molecule has 25 heavy (non-hydrogen) atoms. The first-order valence-electron chi connectivity index (χ1n) is 8.90. The van der Waals surface area contributed by atoms with Gasteiger partial charge in [-0.3, -0.25) is 9.59 Å². The Hall–Kier alpha value is -1.86. The van der Waals surface area contributed by atoms with E-state index in [4.69, 9.17) is 13.9 Å². The standard InChI is InChI=1S/C18H26N2O5/c1-14(2)20(17(22)15-4-10-23-13-15)7-3-16(21)19-8-5-18(6-9-19)24-11-12-25-18/h4,10,13-14H,3,5-9,11-12H2,1-2H3. The van der Waals surface area contributed by atoms with Gasteiger partial charge in [0.2, 0.25) is 5.91 Å². The van der Waals surface area contributed by atoms with Crippen LogP contribution in [0.25, 0.3) is 0 Å². The topological polar surface area (TPSA) is 72.2 Å². The van der Waals surface area contributed by atoms with Crippen molar-refractivity contribution in [2.75, 3.05) is 32.8 Å². The SMILES string of the molecule is CC(C)N(CCC(=O)N1CCC2(CC1)OCCO2)C(=O)c1ccoc1. The molecule has 3 rings (SSSR count). The van der Waals surface area contributed by atoms with Crippen molar-refractivity contribution in [2.45, 2.75) is 44.9 Å². The molecule has 1 aromatic heterocycles. The van der Waals surface area contributed by atoms with Crippen molar-refractivity contribution in [1.82, 2.24) is 9.80 Å². The second kappa shape index (κ2) is 7.58. The predicted octanol–water partition coefficient (Wildman–Crippen LogP) is 1.89. The van der Waals surface area contributed by atoms with E-state index in [-0.39, 0.29) is 17.9 Å². The lowest BCUT2D eigenvalue weighted by Gasteiger charge is -2.38. The summed E-state index contributed by atoms with van der Waals surface area (Å²) in [5, 5.41) is 0. The Balaban J connectivity index is 1.51. The molecule has 0 atom stereocenters. The van der Waals surface area contributed by atoms with Crippen LogP contribution in [0.3, 0.4) is 0 Å². The van der Waals surface area contributed by atoms with Crippen LogP contribution < -0.4 is 0 Å². The first kappa shape index (κ1) is 17.9. The monoisotopic (exact) mass is 350 g/mol. The van der Waals surface area contributed by atoms with E-state index in [2.05, 4.69) is 0 Å². The molecule has 138 valence electrons. The van der Waals surface area contributed by atoms with Crippen LogP contribution in [-0.4, -0.2) is 66.3 Å². The number of furan rings is 1. The first-order valence-corrected chi connectivity index (χ1v) is 8.90. The van der Waals surface area contributed by atoms with Crippen molar-refractivity contribution in [2.24, 2.45) is 0 Å². The molecule has 0 saturated carbocycles. The van der Waals surface area contributed by atoms with Crippen LogP contribution in [0.15, 0.2) is 23.0 Å². The van der Waals surface area contributed by atoms with E-state index in [0.29, 0.717) is 57.7 Å². The number of hydrogen-bond acceptors (Lipinski definition) is 5. The summed E-state index contributed by atoms with van der Waals surface area (Å²) in [6.07, 6.45) is 4.65. The summed E-state index contributed by atoms with van der Waals surface area (Å²) in [5.74, 6) is -0.516. The Morgan fingerprint density at radius 1 is 1.24 bits per heavy atom. The summed E-state index contributed by atoms with van der Waals surface area (Å²) in [6, 6.07) is 1.66. The molecule has 0 radical (unpaired) electrons. The number of amides is 2. The summed E-state index contributed by atoms with van der Waals surface area (Å²) in [6.45, 7) is 6.83. The van der Waals surface area contributed by atoms with Gasteiger partial charge in [0.05, 0.1) is 25.0 Å². The molecule has 3 heterocycles. The lowest BCUT2D eigenvalue weighted by Crippen LogP contribution is -2.48. The third kappa shape index (κ3) is 4.04. The number of hydrogen-bond donors (Lipinski definition) is 0. The average Bonchev–Trinajstić information content (AvgIpc) is 3.27. The van der Waals surface area contributed by atoms with Crippen LogP contribution in [0.2, 0.25) is 0 Å². The van der Waals surface area contributed by atoms with Gasteiger partial charge in [0.15, 0.2) is 5.79 Å². The summed E-state index contributed by atoms with van der Waals surface area (Å²) in [5.41, 5.74) is 0.511. The van der Waals surface area contributed by atoms with Gasteiger partial charge in [0.1, 0.15) is 6.26 Å². The highest BCUT2D eigenvalue weighted by Gasteiger charge is 2.40. The maximum Gasteiger partial charge on any atom is 0.257 e. The quantitative estimate of drug-likeness (QED) is 0.811. The molecule has 2 fully saturated rings. The Bertz CT molecular complexity index is 583. The van der Waals surface area contributed by atoms with E-state index >= 15 is 0 Å². The molecule has 2 aliphatic rings. The summed E-state index contributed by atoms with van der Waals surface area (Å²) in [7, 11) is 0. The Morgan fingerprint density at radius 3 is 2.48 bits per heavy atom. The Morgan fingerprint density at radius 2 is 1.92 bits per heavy atom. The third-order valence-electron chi connectivity index (χ3n) is 4.91. The smallest absolute Gasteiger partial charge is 0.257 e. The lowest BCUT2D eigenvalue weighted by molar-refractivity contribution is -0.187. The van der Waals surface area contributed by atoms with Crippen LogP contribution in [0.4, 0.5) is 0 Å². The molecular formula is C18H26N2O5. The summed E-state index contributed by atoms with van der Waals surface area (Å²) in [4.78, 5) is 28.6. The molecule has 7 nitrogen and oxygen atoms in total. The van der Waals surface area contributed by atoms with Crippen LogP contribution in [-0.2, 0) is 14.3 Å². The fraction of sp³-hybridized carbons (Fsp3) is 0.667. The minimum Gasteiger partial charge on any atom is -0.472 e. The van der Waals surface area contributed by atoms with E-state index in [1.165, 1.54) is 12.5 Å². The largest absolute Gasteiger partial charge is 0.472 e. The van der Waals surface area contributed by atoms with Gasteiger partial charge in [0, 0.05) is 44.9 Å². The van der Waals surface area contributed by atoms with Crippen LogP contribution in [0.5, 0.6) is 0 Å². The molecule has 0 bridgehead atoms. The van der Waals surface area contributed by atoms with Crippen LogP contribution >= 0.6 is 0 Å². The maximum absolute atomic E-state index is 12.5. The Labute approximate surface area is 147 Å². The number of piperidine rings is 1. The molecular weight excluding hydrogens is 324 g/mol. The Kier molecular flexibility index (Phi) is 5.44. The second-order valence-electron chi connectivity index (χ2n) is 6.84. The molecule has 7 heteroatoms. The fourth-order valence-corrected chi connectivity index (χ4v) is 3.40. The number of ether oxygens (including phenoxy) is 2. The predicted molar refractivity (Wildman–Crippen MR) is 89.9 cm³/mol. The molecule has 2 amide bonds. The number of nitrogens with zero attached hydrogens (tertiary/aromatic N) is 2. The molecule has 1 spiro atoms. The first-order chi connectivity index (χ1) is 12.0. The van der Waals surface area contributed by atoms with Gasteiger partial charge in [-0.15, -0.1) is 0 Å². The summed E-state index contributed by atoms with van der Waals surface area (Å²) < 4.78 is 16.4. The van der Waals surface area contributed by atoms with Gasteiger partial charge >= 0.3 is 0 Å². The van der Waals surface area contributed by atoms with Gasteiger partial charge < -0.3 is 23.7 Å². The maximum atomic E-state index is 12.5. The third-order valence-corrected chi connectivity index (χ3v) is 4.91. The van der Waals surface area contributed by atoms with Crippen molar-refractivity contribution in [3.05, 3.63) is 24.2 Å². The van der Waals surface area contributed by atoms with E-state index in [1.54, 1.807) is 11.0 Å². The highest BCUT2D eigenvalue weighted by atomic mass is 16.7. The molecule has 0 aliphatic carbocycles. The molecule has 2 aliphatic heterocycles. The van der Waals surface area contributed by atoms with E-state index in [0.717, 1.165) is 0 Å². The fourth-order valence-electron chi connectivity index (χ4n) is 3.40. The van der Waals surface area contributed by atoms with E-state index < -0.39 is 5.79 Å². The lowest BCUT2D eigenvalue weighted by atomic mass is 10.0. The normalized spacial score (nSPS) is 19.6. The highest BCUT2D eigenvalue weighted by molar-refractivity contribution is 5.94. The van der Waals surface area contributed by atoms with Crippen molar-refractivity contribution in [3.8, 4) is 0 Å². The zero-order valence-electron chi connectivity index (χ0n) is 14.9. The van der Waals surface area contributed by atoms with Gasteiger partial charge in [-0.05, 0) is 19.9 Å². The van der Waals surface area contributed by atoms with E-state index in [1.807, 2.05) is 18.7 Å². The average molecular weight is 350 g/mol. The summed E-state index contributed by atoms with van der Waals surface area (Å²) >= 11 is 0. The van der Waals surface area contributed by atoms with Crippen molar-refractivity contribution in [3.63, 3.8) is 0 Å². The number of rotatable bonds is 5. The van der Waals surface area contributed by atoms with Crippen molar-refractivity contribution < 1.29 is 23.5 Å². The molecule has 1 aromatic rings. The minimum absolute atomic E-state index is 0.0140. The number of carbonyl (C=O) groups is 2. The van der Waals surface area contributed by atoms with Gasteiger partial charge in [-0.2, -0.15) is 0 Å². The van der Waals surface area contributed by atoms with Gasteiger partial charge in [-0.25, -0.2) is 0 Å². The molecule has 0 unspecified atom stereocenters. The zero-order valence-corrected chi connectivity index (χ0v) is 14.9. The number of carbonyl (C=O) groups excluding carboxylic acids is 2. The van der Waals surface area contributed by atoms with Gasteiger partial charge in [-0.1, -0.05) is 0 Å². The highest BCUT2D eigenvalue weighted by Crippen LogP contribution is 2.31.